The molecule has 2 nitrogen and oxygen atoms in total. The van der Waals surface area contributed by atoms with Gasteiger partial charge in [-0.1, -0.05) is 70.8 Å². The van der Waals surface area contributed by atoms with Gasteiger partial charge in [-0.2, -0.15) is 0 Å². The van der Waals surface area contributed by atoms with Crippen LogP contribution in [-0.2, 0) is 6.42 Å². The van der Waals surface area contributed by atoms with E-state index in [-0.39, 0.29) is 5.43 Å². The van der Waals surface area contributed by atoms with Gasteiger partial charge >= 0.3 is 0 Å². The lowest BCUT2D eigenvalue weighted by molar-refractivity contribution is 0.556. The van der Waals surface area contributed by atoms with Crippen LogP contribution in [0.1, 0.15) is 76.7 Å². The Kier molecular flexibility index (Phi) is 7.92. The topological polar surface area (TPSA) is 32.9 Å². The summed E-state index contributed by atoms with van der Waals surface area (Å²) < 4.78 is 0. The number of fused-ring (bicyclic) bond motifs is 1. The number of aryl methyl sites for hydroxylation is 1. The van der Waals surface area contributed by atoms with E-state index in [9.17, 15) is 4.79 Å². The number of unbranched alkanes of at least 4 members (excludes halogenated alkanes) is 9. The summed E-state index contributed by atoms with van der Waals surface area (Å²) in [5.74, 6) is 0. The monoisotopic (exact) mass is 313 g/mol. The second kappa shape index (κ2) is 10.3. The first-order valence-electron chi connectivity index (χ1n) is 9.41. The molecule has 0 fully saturated rings. The molecular weight excluding hydrogens is 282 g/mol. The Morgan fingerprint density at radius 2 is 1.48 bits per heavy atom. The van der Waals surface area contributed by atoms with Gasteiger partial charge < -0.3 is 4.98 Å². The van der Waals surface area contributed by atoms with Crippen LogP contribution in [0.3, 0.4) is 0 Å². The normalized spacial score (nSPS) is 11.2. The summed E-state index contributed by atoms with van der Waals surface area (Å²) in [6, 6.07) is 7.78. The van der Waals surface area contributed by atoms with Crippen molar-refractivity contribution in [2.24, 2.45) is 0 Å². The second-order valence-corrected chi connectivity index (χ2v) is 6.65. The molecule has 0 aliphatic heterocycles. The molecule has 0 radical (unpaired) electrons. The molecule has 1 aromatic carbocycles. The molecule has 2 heteroatoms. The summed E-state index contributed by atoms with van der Waals surface area (Å²) in [6.45, 7) is 2.27. The van der Waals surface area contributed by atoms with Crippen LogP contribution in [-0.4, -0.2) is 4.98 Å². The van der Waals surface area contributed by atoms with E-state index in [1.54, 1.807) is 12.3 Å². The predicted molar refractivity (Wildman–Crippen MR) is 100 cm³/mol. The molecular formula is C21H31NO. The lowest BCUT2D eigenvalue weighted by Gasteiger charge is -2.04. The lowest BCUT2D eigenvalue weighted by Crippen LogP contribution is -2.00. The van der Waals surface area contributed by atoms with Gasteiger partial charge in [-0.15, -0.1) is 0 Å². The van der Waals surface area contributed by atoms with Gasteiger partial charge in [-0.3, -0.25) is 4.79 Å². The third-order valence-electron chi connectivity index (χ3n) is 4.64. The van der Waals surface area contributed by atoms with Crippen LogP contribution >= 0.6 is 0 Å². The van der Waals surface area contributed by atoms with Crippen LogP contribution in [0.25, 0.3) is 10.9 Å². The molecule has 0 aliphatic carbocycles. The molecule has 126 valence electrons. The van der Waals surface area contributed by atoms with E-state index in [4.69, 9.17) is 0 Å². The summed E-state index contributed by atoms with van der Waals surface area (Å²) in [7, 11) is 0. The summed E-state index contributed by atoms with van der Waals surface area (Å²) in [6.07, 6.45) is 16.5. The zero-order chi connectivity index (χ0) is 16.3. The van der Waals surface area contributed by atoms with Crippen LogP contribution in [0.4, 0.5) is 0 Å². The Bertz CT molecular complexity index is 629. The third-order valence-corrected chi connectivity index (χ3v) is 4.64. The van der Waals surface area contributed by atoms with E-state index in [0.717, 1.165) is 17.3 Å². The number of aromatic nitrogens is 1. The molecule has 23 heavy (non-hydrogen) atoms. The van der Waals surface area contributed by atoms with Crippen molar-refractivity contribution < 1.29 is 0 Å². The molecule has 2 rings (SSSR count). The van der Waals surface area contributed by atoms with Gasteiger partial charge in [0.1, 0.15) is 0 Å². The van der Waals surface area contributed by atoms with E-state index in [0.29, 0.717) is 0 Å². The number of H-pyrrole nitrogens is 1. The number of hydrogen-bond acceptors (Lipinski definition) is 1. The molecule has 0 spiro atoms. The molecule has 0 bridgehead atoms. The summed E-state index contributed by atoms with van der Waals surface area (Å²) in [5, 5.41) is 0.791. The number of nitrogens with one attached hydrogen (secondary N) is 1. The molecule has 0 aliphatic rings. The Labute approximate surface area is 140 Å². The molecule has 1 heterocycles. The molecule has 0 saturated heterocycles. The Morgan fingerprint density at radius 1 is 0.826 bits per heavy atom. The van der Waals surface area contributed by atoms with Crippen molar-refractivity contribution in [3.63, 3.8) is 0 Å². The van der Waals surface area contributed by atoms with Gasteiger partial charge in [0.05, 0.1) is 0 Å². The fourth-order valence-corrected chi connectivity index (χ4v) is 3.19. The molecule has 0 atom stereocenters. The first-order valence-corrected chi connectivity index (χ1v) is 9.41. The van der Waals surface area contributed by atoms with Gasteiger partial charge in [0.25, 0.3) is 0 Å². The van der Waals surface area contributed by atoms with Crippen molar-refractivity contribution in [1.29, 1.82) is 0 Å². The maximum atomic E-state index is 11.7. The molecule has 0 saturated carbocycles. The standard InChI is InChI=1S/C21H31NO/c1-2-3-4-5-6-7-8-9-10-11-12-18-13-14-19-20(17-18)22-16-15-21(19)23/h13-17H,2-12H2,1H3,(H,22,23). The van der Waals surface area contributed by atoms with E-state index in [2.05, 4.69) is 24.0 Å². The maximum Gasteiger partial charge on any atom is 0.189 e. The van der Waals surface area contributed by atoms with Gasteiger partial charge in [0.15, 0.2) is 5.43 Å². The average Bonchev–Trinajstić information content (AvgIpc) is 2.57. The molecule has 2 aromatic rings. The number of pyridine rings is 1. The van der Waals surface area contributed by atoms with Crippen LogP contribution < -0.4 is 5.43 Å². The van der Waals surface area contributed by atoms with Crippen molar-refractivity contribution in [3.05, 3.63) is 46.2 Å². The van der Waals surface area contributed by atoms with Gasteiger partial charge in [0, 0.05) is 23.2 Å². The van der Waals surface area contributed by atoms with Crippen LogP contribution in [0, 0.1) is 0 Å². The summed E-state index contributed by atoms with van der Waals surface area (Å²) >= 11 is 0. The molecule has 1 aromatic heterocycles. The minimum Gasteiger partial charge on any atom is -0.361 e. The van der Waals surface area contributed by atoms with E-state index < -0.39 is 0 Å². The minimum absolute atomic E-state index is 0.101. The fraction of sp³-hybridized carbons (Fsp3) is 0.571. The number of rotatable bonds is 11. The zero-order valence-electron chi connectivity index (χ0n) is 14.6. The van der Waals surface area contributed by atoms with E-state index in [1.165, 1.54) is 69.8 Å². The van der Waals surface area contributed by atoms with Crippen molar-refractivity contribution >= 4 is 10.9 Å². The highest BCUT2D eigenvalue weighted by molar-refractivity contribution is 5.78. The maximum absolute atomic E-state index is 11.7. The van der Waals surface area contributed by atoms with Crippen molar-refractivity contribution in [1.82, 2.24) is 4.98 Å². The second-order valence-electron chi connectivity index (χ2n) is 6.65. The van der Waals surface area contributed by atoms with Crippen LogP contribution in [0.15, 0.2) is 35.3 Å². The number of benzene rings is 1. The third kappa shape index (κ3) is 6.21. The van der Waals surface area contributed by atoms with E-state index >= 15 is 0 Å². The Balaban J connectivity index is 1.60. The first-order chi connectivity index (χ1) is 11.3. The summed E-state index contributed by atoms with van der Waals surface area (Å²) in [5.41, 5.74) is 2.39. The molecule has 0 amide bonds. The van der Waals surface area contributed by atoms with Crippen LogP contribution in [0.5, 0.6) is 0 Å². The highest BCUT2D eigenvalue weighted by Gasteiger charge is 2.00. The SMILES string of the molecule is CCCCCCCCCCCCc1ccc2c(=O)cc[nH]c2c1. The number of hydrogen-bond donors (Lipinski definition) is 1. The van der Waals surface area contributed by atoms with Crippen LogP contribution in [0.2, 0.25) is 0 Å². The largest absolute Gasteiger partial charge is 0.361 e. The smallest absolute Gasteiger partial charge is 0.189 e. The Morgan fingerprint density at radius 3 is 2.17 bits per heavy atom. The van der Waals surface area contributed by atoms with Crippen molar-refractivity contribution in [2.45, 2.75) is 77.6 Å². The van der Waals surface area contributed by atoms with Gasteiger partial charge in [-0.25, -0.2) is 0 Å². The van der Waals surface area contributed by atoms with Gasteiger partial charge in [-0.05, 0) is 30.5 Å². The zero-order valence-corrected chi connectivity index (χ0v) is 14.6. The quantitative estimate of drug-likeness (QED) is 0.508. The van der Waals surface area contributed by atoms with Crippen molar-refractivity contribution in [3.8, 4) is 0 Å². The Hall–Kier alpha value is -1.57. The lowest BCUT2D eigenvalue weighted by atomic mass is 10.0. The molecule has 1 N–H and O–H groups in total. The fourth-order valence-electron chi connectivity index (χ4n) is 3.19. The minimum atomic E-state index is 0.101. The molecule has 0 unspecified atom stereocenters. The first kappa shape index (κ1) is 17.8. The predicted octanol–water partition coefficient (Wildman–Crippen LogP) is 5.99. The van der Waals surface area contributed by atoms with Crippen molar-refractivity contribution in [2.75, 3.05) is 0 Å². The highest BCUT2D eigenvalue weighted by Crippen LogP contribution is 2.15. The van der Waals surface area contributed by atoms with E-state index in [1.807, 2.05) is 6.07 Å². The number of aromatic amines is 1. The van der Waals surface area contributed by atoms with Gasteiger partial charge in [0.2, 0.25) is 0 Å². The average molecular weight is 313 g/mol. The highest BCUT2D eigenvalue weighted by atomic mass is 16.1. The summed E-state index contributed by atoms with van der Waals surface area (Å²) in [4.78, 5) is 14.9.